The maximum atomic E-state index is 12.0. The summed E-state index contributed by atoms with van der Waals surface area (Å²) < 4.78 is 27.9. The third-order valence-electron chi connectivity index (χ3n) is 2.26. The smallest absolute Gasteiger partial charge is 0.211 e. The first-order valence-electron chi connectivity index (χ1n) is 5.42. The molecule has 96 valence electrons. The molecule has 0 saturated carbocycles. The van der Waals surface area contributed by atoms with Gasteiger partial charge >= 0.3 is 0 Å². The van der Waals surface area contributed by atoms with E-state index in [0.29, 0.717) is 11.0 Å². The van der Waals surface area contributed by atoms with Gasteiger partial charge in [-0.25, -0.2) is 13.1 Å². The molecule has 0 aliphatic carbocycles. The van der Waals surface area contributed by atoms with Gasteiger partial charge in [-0.1, -0.05) is 35.7 Å². The van der Waals surface area contributed by atoms with Crippen molar-refractivity contribution < 1.29 is 8.42 Å². The van der Waals surface area contributed by atoms with Crippen LogP contribution in [0.4, 0.5) is 0 Å². The van der Waals surface area contributed by atoms with Crippen LogP contribution in [0.25, 0.3) is 0 Å². The van der Waals surface area contributed by atoms with Crippen molar-refractivity contribution in [2.24, 2.45) is 0 Å². The van der Waals surface area contributed by atoms with Gasteiger partial charge in [0.1, 0.15) is 0 Å². The predicted octanol–water partition coefficient (Wildman–Crippen LogP) is 3.68. The maximum Gasteiger partial charge on any atom is 0.241 e. The van der Waals surface area contributed by atoms with Gasteiger partial charge in [-0.05, 0) is 40.5 Å². The number of unbranched alkanes of at least 4 members (excludes halogenated alkanes) is 2. The minimum absolute atomic E-state index is 0.267. The first-order chi connectivity index (χ1) is 7.97. The number of benzene rings is 1. The normalized spacial score (nSPS) is 11.7. The van der Waals surface area contributed by atoms with Gasteiger partial charge in [0.25, 0.3) is 0 Å². The number of nitrogens with one attached hydrogen (secondary N) is 1. The van der Waals surface area contributed by atoms with Crippen molar-refractivity contribution in [2.75, 3.05) is 6.54 Å². The summed E-state index contributed by atoms with van der Waals surface area (Å²) in [6.07, 6.45) is 2.96. The molecule has 0 radical (unpaired) electrons. The van der Waals surface area contributed by atoms with E-state index in [2.05, 4.69) is 43.5 Å². The molecule has 0 atom stereocenters. The summed E-state index contributed by atoms with van der Waals surface area (Å²) in [7, 11) is -3.42. The second-order valence-electron chi connectivity index (χ2n) is 3.68. The highest BCUT2D eigenvalue weighted by Crippen LogP contribution is 2.25. The highest BCUT2D eigenvalue weighted by Gasteiger charge is 2.17. The van der Waals surface area contributed by atoms with Crippen LogP contribution in [0.3, 0.4) is 0 Å². The van der Waals surface area contributed by atoms with E-state index in [1.165, 1.54) is 0 Å². The van der Waals surface area contributed by atoms with Crippen molar-refractivity contribution in [1.82, 2.24) is 4.72 Å². The van der Waals surface area contributed by atoms with E-state index < -0.39 is 10.0 Å². The molecule has 0 amide bonds. The SMILES string of the molecule is CCCCCNS(=O)(=O)c1cc(Br)ccc1Br. The first kappa shape index (κ1) is 15.1. The van der Waals surface area contributed by atoms with E-state index in [1.807, 2.05) is 0 Å². The van der Waals surface area contributed by atoms with Gasteiger partial charge in [-0.3, -0.25) is 0 Å². The van der Waals surface area contributed by atoms with Crippen LogP contribution in [0.15, 0.2) is 32.0 Å². The number of sulfonamides is 1. The summed E-state index contributed by atoms with van der Waals surface area (Å²) in [6.45, 7) is 2.56. The molecule has 0 spiro atoms. The molecule has 0 heterocycles. The Morgan fingerprint density at radius 1 is 1.24 bits per heavy atom. The zero-order valence-corrected chi connectivity index (χ0v) is 13.5. The molecular weight excluding hydrogens is 370 g/mol. The standard InChI is InChI=1S/C11H15Br2NO2S/c1-2-3-4-7-14-17(15,16)11-8-9(12)5-6-10(11)13/h5-6,8,14H,2-4,7H2,1H3. The Morgan fingerprint density at radius 3 is 2.59 bits per heavy atom. The lowest BCUT2D eigenvalue weighted by Crippen LogP contribution is -2.25. The Kier molecular flexibility index (Phi) is 6.12. The summed E-state index contributed by atoms with van der Waals surface area (Å²) in [5, 5.41) is 0. The lowest BCUT2D eigenvalue weighted by atomic mass is 10.3. The lowest BCUT2D eigenvalue weighted by Gasteiger charge is -2.08. The zero-order valence-electron chi connectivity index (χ0n) is 9.54. The van der Waals surface area contributed by atoms with Gasteiger partial charge in [0.05, 0.1) is 4.90 Å². The van der Waals surface area contributed by atoms with E-state index in [4.69, 9.17) is 0 Å². The molecule has 0 fully saturated rings. The van der Waals surface area contributed by atoms with Crippen LogP contribution < -0.4 is 4.72 Å². The Hall–Kier alpha value is 0.0900. The van der Waals surface area contributed by atoms with Crippen molar-refractivity contribution in [1.29, 1.82) is 0 Å². The third kappa shape index (κ3) is 4.69. The van der Waals surface area contributed by atoms with Gasteiger partial charge in [-0.15, -0.1) is 0 Å². The molecule has 0 unspecified atom stereocenters. The summed E-state index contributed by atoms with van der Waals surface area (Å²) in [4.78, 5) is 0.267. The lowest BCUT2D eigenvalue weighted by molar-refractivity contribution is 0.575. The molecule has 0 bridgehead atoms. The molecule has 1 aromatic rings. The van der Waals surface area contributed by atoms with E-state index in [9.17, 15) is 8.42 Å². The van der Waals surface area contributed by atoms with E-state index in [1.54, 1.807) is 18.2 Å². The number of hydrogen-bond donors (Lipinski definition) is 1. The molecule has 0 aliphatic heterocycles. The topological polar surface area (TPSA) is 46.2 Å². The van der Waals surface area contributed by atoms with Gasteiger partial charge in [0, 0.05) is 15.5 Å². The fraction of sp³-hybridized carbons (Fsp3) is 0.455. The molecule has 1 rings (SSSR count). The molecule has 3 nitrogen and oxygen atoms in total. The van der Waals surface area contributed by atoms with Crippen molar-refractivity contribution in [3.8, 4) is 0 Å². The summed E-state index contributed by atoms with van der Waals surface area (Å²) >= 11 is 6.52. The second kappa shape index (κ2) is 6.87. The van der Waals surface area contributed by atoms with Crippen LogP contribution >= 0.6 is 31.9 Å². The predicted molar refractivity (Wildman–Crippen MR) is 76.6 cm³/mol. The zero-order chi connectivity index (χ0) is 12.9. The minimum atomic E-state index is -3.42. The molecule has 0 saturated heterocycles. The van der Waals surface area contributed by atoms with Gasteiger partial charge in [0.2, 0.25) is 10.0 Å². The van der Waals surface area contributed by atoms with Crippen LogP contribution in [0.1, 0.15) is 26.2 Å². The molecule has 0 aliphatic rings. The van der Waals surface area contributed by atoms with Crippen LogP contribution in [0.2, 0.25) is 0 Å². The van der Waals surface area contributed by atoms with Crippen LogP contribution in [-0.4, -0.2) is 15.0 Å². The van der Waals surface area contributed by atoms with Crippen molar-refractivity contribution in [2.45, 2.75) is 31.1 Å². The Bertz CT molecular complexity index is 474. The number of hydrogen-bond acceptors (Lipinski definition) is 2. The molecule has 1 N–H and O–H groups in total. The van der Waals surface area contributed by atoms with E-state index >= 15 is 0 Å². The minimum Gasteiger partial charge on any atom is -0.211 e. The third-order valence-corrected chi connectivity index (χ3v) is 5.20. The van der Waals surface area contributed by atoms with Crippen LogP contribution in [0.5, 0.6) is 0 Å². The molecular formula is C11H15Br2NO2S. The monoisotopic (exact) mass is 383 g/mol. The highest BCUT2D eigenvalue weighted by molar-refractivity contribution is 9.11. The molecule has 1 aromatic carbocycles. The summed E-state index contributed by atoms with van der Waals surface area (Å²) in [5.74, 6) is 0. The Morgan fingerprint density at radius 2 is 1.94 bits per heavy atom. The Labute approximate surface area is 119 Å². The highest BCUT2D eigenvalue weighted by atomic mass is 79.9. The average molecular weight is 385 g/mol. The summed E-state index contributed by atoms with van der Waals surface area (Å²) in [6, 6.07) is 5.09. The molecule has 6 heteroatoms. The van der Waals surface area contributed by atoms with Gasteiger partial charge in [0.15, 0.2) is 0 Å². The van der Waals surface area contributed by atoms with Crippen molar-refractivity contribution >= 4 is 41.9 Å². The van der Waals surface area contributed by atoms with Crippen LogP contribution in [-0.2, 0) is 10.0 Å². The average Bonchev–Trinajstić information content (AvgIpc) is 2.28. The fourth-order valence-electron chi connectivity index (χ4n) is 1.34. The fourth-order valence-corrected chi connectivity index (χ4v) is 3.92. The largest absolute Gasteiger partial charge is 0.241 e. The van der Waals surface area contributed by atoms with Crippen molar-refractivity contribution in [3.63, 3.8) is 0 Å². The second-order valence-corrected chi connectivity index (χ2v) is 7.19. The number of rotatable bonds is 6. The van der Waals surface area contributed by atoms with Crippen molar-refractivity contribution in [3.05, 3.63) is 27.1 Å². The first-order valence-corrected chi connectivity index (χ1v) is 8.49. The number of halogens is 2. The van der Waals surface area contributed by atoms with Crippen LogP contribution in [0, 0.1) is 0 Å². The molecule has 17 heavy (non-hydrogen) atoms. The van der Waals surface area contributed by atoms with E-state index in [-0.39, 0.29) is 4.90 Å². The quantitative estimate of drug-likeness (QED) is 0.760. The maximum absolute atomic E-state index is 12.0. The van der Waals surface area contributed by atoms with Gasteiger partial charge < -0.3 is 0 Å². The summed E-state index contributed by atoms with van der Waals surface area (Å²) in [5.41, 5.74) is 0. The van der Waals surface area contributed by atoms with Gasteiger partial charge in [-0.2, -0.15) is 0 Å². The van der Waals surface area contributed by atoms with E-state index in [0.717, 1.165) is 23.7 Å². The Balaban J connectivity index is 2.79. The molecule has 0 aromatic heterocycles.